The maximum Gasteiger partial charge on any atom is 0.226 e. The van der Waals surface area contributed by atoms with Crippen LogP contribution in [0.1, 0.15) is 199 Å². The van der Waals surface area contributed by atoms with Crippen LogP contribution in [0.5, 0.6) is 0 Å². The predicted octanol–water partition coefficient (Wildman–Crippen LogP) is -5.68. The van der Waals surface area contributed by atoms with Gasteiger partial charge in [0, 0.05) is 163 Å². The normalized spacial score (nSPS) is 13.9. The van der Waals surface area contributed by atoms with Crippen LogP contribution in [0.3, 0.4) is 0 Å². The molecule has 1 heterocycles. The third-order valence-corrected chi connectivity index (χ3v) is 24.5. The summed E-state index contributed by atoms with van der Waals surface area (Å²) in [5.41, 5.74) is 63.3. The Kier molecular flexibility index (Phi) is 62.3. The fraction of sp³-hybridized carbons (Fsp3) is 0.648. The van der Waals surface area contributed by atoms with Gasteiger partial charge in [-0.2, -0.15) is 12.6 Å². The molecule has 0 unspecified atom stereocenters. The Morgan fingerprint density at radius 1 is 0.308 bits per heavy atom. The van der Waals surface area contributed by atoms with Gasteiger partial charge >= 0.3 is 0 Å². The quantitative estimate of drug-likeness (QED) is 0.0127. The summed E-state index contributed by atoms with van der Waals surface area (Å²) in [7, 11) is 1.64. The zero-order chi connectivity index (χ0) is 110. The number of hydrogen-bond donors (Lipinski definition) is 41. The molecule has 54 nitrogen and oxygen atoms in total. The van der Waals surface area contributed by atoms with Gasteiger partial charge in [0.2, 0.25) is 41.4 Å². The smallest absolute Gasteiger partial charge is 0.226 e. The van der Waals surface area contributed by atoms with Gasteiger partial charge in [-0.3, -0.25) is 121 Å². The van der Waals surface area contributed by atoms with Crippen LogP contribution in [0.15, 0.2) is 30.5 Å². The lowest BCUT2D eigenvalue weighted by molar-refractivity contribution is -0.137. The molecular weight excluding hydrogens is 1910 g/mol. The molecular formula is C91H163N39O15S. The highest BCUT2D eigenvalue weighted by Crippen LogP contribution is 2.28. The second kappa shape index (κ2) is 71.2. The minimum atomic E-state index is -1.60. The van der Waals surface area contributed by atoms with Crippen molar-refractivity contribution in [1.82, 2.24) is 95.4 Å². The molecule has 0 aliphatic carbocycles. The van der Waals surface area contributed by atoms with Crippen molar-refractivity contribution < 1.29 is 72.2 Å². The van der Waals surface area contributed by atoms with E-state index in [0.717, 1.165) is 10.9 Å². The number of Topliss-reactive ketones (excluding diaryl/α,β-unsaturated/α-hetero) is 7. The van der Waals surface area contributed by atoms with E-state index in [9.17, 15) is 38.7 Å². The number of hydrogen-bond acceptors (Lipinski definition) is 27. The molecule has 55 heteroatoms. The molecule has 51 N–H and O–H groups in total. The van der Waals surface area contributed by atoms with E-state index in [1.54, 1.807) is 13.2 Å². The summed E-state index contributed by atoms with van der Waals surface area (Å²) in [5, 5.41) is 136. The Labute approximate surface area is 856 Å². The number of aromatic amines is 1. The number of rotatable bonds is 81. The van der Waals surface area contributed by atoms with Crippen LogP contribution in [0.25, 0.3) is 10.9 Å². The van der Waals surface area contributed by atoms with Crippen molar-refractivity contribution in [3.05, 3.63) is 36.0 Å². The molecule has 1 aromatic carbocycles. The third kappa shape index (κ3) is 55.0. The van der Waals surface area contributed by atoms with Crippen molar-refractivity contribution in [3.63, 3.8) is 0 Å². The van der Waals surface area contributed by atoms with Gasteiger partial charge in [0.25, 0.3) is 0 Å². The topological polar surface area (TPSA) is 1000 Å². The number of para-hydroxylation sites is 1. The van der Waals surface area contributed by atoms with E-state index in [-0.39, 0.29) is 236 Å². The van der Waals surface area contributed by atoms with Gasteiger partial charge in [-0.1, -0.05) is 32.0 Å². The summed E-state index contributed by atoms with van der Waals surface area (Å²) >= 11 is 4.18. The van der Waals surface area contributed by atoms with E-state index >= 15 is 33.6 Å². The van der Waals surface area contributed by atoms with Crippen molar-refractivity contribution in [2.24, 2.45) is 110 Å². The number of amides is 7. The molecule has 0 saturated carbocycles. The molecule has 0 saturated heterocycles. The summed E-state index contributed by atoms with van der Waals surface area (Å²) in [4.78, 5) is 210. The zero-order valence-corrected chi connectivity index (χ0v) is 84.9. The van der Waals surface area contributed by atoms with E-state index in [4.69, 9.17) is 117 Å². The molecule has 0 spiro atoms. The molecule has 0 radical (unpaired) electrons. The van der Waals surface area contributed by atoms with Crippen LogP contribution in [0.4, 0.5) is 0 Å². The van der Waals surface area contributed by atoms with Crippen LogP contribution >= 0.6 is 12.6 Å². The summed E-state index contributed by atoms with van der Waals surface area (Å²) in [5.74, 6) is -24.1. The number of nitrogens with two attached hydrogens (primary N) is 11. The SMILES string of the molecule is CN[C@@H](CC(C)C)C(=O)C[C@@H](Cc1c[nH]c2ccccc12)C(=O)N[C@@H](CCCNC(=N)N)C(=O)C[C@@H](CO)C(=O)N[C@H](CCCNC(=N)N)C(=O)C[C@H](CCCNC(=N)N)C(=O)N[C@H](CCCNC(=N)N)C(=O)C[C@H](CCCNC(=N)N)C(=O)N[C@H](CCCNC(=N)N)C(=O)C[C@H](CCCNC(=N)N)C(=O)N[C@H](CCCNC(=N)N)C(=O)C[C@H](CCCNC(=N)N)C(=O)N[C@H](CCCNC(=N)N)C(=O)C[C@H](CS)C(N)=O. The number of carbonyl (C=O) groups excluding carboxylic acids is 14. The van der Waals surface area contributed by atoms with Gasteiger partial charge in [0.15, 0.2) is 100 Å². The standard InChI is InChI=1S/C91H163N39O15S/c1-50(2)38-67(113-3)74(138)44-55(39-56-47-124-60-21-5-4-20-59(56)60)80(144)129-65(26-14-36-122-90(109)110)72(136)45-57(48-131)81(145)130-64(25-13-35-121-89(107)108)71(135)43-54(19-9-31-117-85(99)100)78(142)127-62(23-11-33-119-87(103)104)69(133)41-52(17-7-29-115-83(95)96)76(140)125-61(22-10-32-118-86(101)102)68(132)40-51(16-6-28-114-82(93)94)77(141)126-63(24-12-34-120-88(105)106)70(134)42-53(18-8-30-116-84(97)98)79(143)128-66(27-15-37-123-91(111)112)73(137)46-58(49-146)75(92)139/h4-5,20-21,47,50-55,57-58,61-67,113,124,131,146H,6-19,22-46,48-49H2,1-3H3,(H2,92,139)(H,125,140)(H,126,141)(H,127,142)(H,128,143)(H,129,144)(H,130,145)(H4,93,94,114)(H4,95,96,115)(H4,97,98,116)(H4,99,100,117)(H4,101,102,118)(H4,103,104,119)(H4,105,106,120)(H4,107,108,121)(H4,109,110,122)(H4,111,112,123)/t51-,52-,53-,54-,55+,57-,58+,61+,62+,63+,64+,65-,66+,67-/m0/s1. The van der Waals surface area contributed by atoms with Crippen molar-refractivity contribution in [1.29, 1.82) is 54.1 Å². The molecule has 7 amide bonds. The molecule has 818 valence electrons. The molecule has 0 fully saturated rings. The Morgan fingerprint density at radius 3 is 0.747 bits per heavy atom. The number of fused-ring (bicyclic) bond motifs is 1. The fourth-order valence-electron chi connectivity index (χ4n) is 16.3. The summed E-state index contributed by atoms with van der Waals surface area (Å²) in [6.45, 7) is 2.91. The fourth-order valence-corrected chi connectivity index (χ4v) is 16.6. The van der Waals surface area contributed by atoms with Crippen LogP contribution in [-0.2, 0) is 73.5 Å². The molecule has 1 aromatic heterocycles. The summed E-state index contributed by atoms with van der Waals surface area (Å²) in [6.07, 6.45) is -2.73. The zero-order valence-electron chi connectivity index (χ0n) is 84.0. The predicted molar refractivity (Wildman–Crippen MR) is 559 cm³/mol. The van der Waals surface area contributed by atoms with E-state index in [0.29, 0.717) is 12.0 Å². The Hall–Kier alpha value is -14.3. The maximum absolute atomic E-state index is 15.4. The number of aliphatic hydroxyl groups is 1. The number of aliphatic hydroxyl groups excluding tert-OH is 1. The van der Waals surface area contributed by atoms with Crippen LogP contribution in [0, 0.1) is 101 Å². The minimum absolute atomic E-state index is 0.00692. The highest BCUT2D eigenvalue weighted by atomic mass is 32.1. The van der Waals surface area contributed by atoms with E-state index in [1.807, 2.05) is 38.1 Å². The third-order valence-electron chi connectivity index (χ3n) is 24.1. The molecule has 14 atom stereocenters. The van der Waals surface area contributed by atoms with Crippen LogP contribution < -0.4 is 153 Å². The van der Waals surface area contributed by atoms with Crippen molar-refractivity contribution in [2.45, 2.75) is 242 Å². The van der Waals surface area contributed by atoms with E-state index in [1.165, 1.54) is 0 Å². The second-order valence-corrected chi connectivity index (χ2v) is 36.9. The number of aromatic nitrogens is 1. The van der Waals surface area contributed by atoms with Gasteiger partial charge < -0.3 is 164 Å². The molecule has 2 rings (SSSR count). The van der Waals surface area contributed by atoms with Gasteiger partial charge in [0.05, 0.1) is 60.7 Å². The number of benzene rings is 1. The summed E-state index contributed by atoms with van der Waals surface area (Å²) in [6, 6.07) is -1.91. The number of carbonyl (C=O) groups is 14. The number of primary amides is 1. The van der Waals surface area contributed by atoms with Crippen molar-refractivity contribution in [2.75, 3.05) is 84.9 Å². The summed E-state index contributed by atoms with van der Waals surface area (Å²) < 4.78 is 0. The Bertz CT molecular complexity index is 4670. The van der Waals surface area contributed by atoms with E-state index in [2.05, 4.69) is 108 Å². The number of thiol groups is 1. The largest absolute Gasteiger partial charge is 0.396 e. The molecule has 0 bridgehead atoms. The van der Waals surface area contributed by atoms with Gasteiger partial charge in [-0.05, 0) is 166 Å². The molecule has 0 aliphatic rings. The lowest BCUT2D eigenvalue weighted by Gasteiger charge is -2.27. The van der Waals surface area contributed by atoms with Crippen LogP contribution in [0.2, 0.25) is 0 Å². The first kappa shape index (κ1) is 128. The second-order valence-electron chi connectivity index (χ2n) is 36.6. The van der Waals surface area contributed by atoms with Crippen molar-refractivity contribution >= 4 is 165 Å². The highest BCUT2D eigenvalue weighted by molar-refractivity contribution is 7.80. The number of nitrogens with one attached hydrogen (secondary N) is 28. The average molecular weight is 2080 g/mol. The Morgan fingerprint density at radius 2 is 0.521 bits per heavy atom. The monoisotopic (exact) mass is 2070 g/mol. The number of H-pyrrole nitrogens is 1. The molecule has 2 aromatic rings. The van der Waals surface area contributed by atoms with Crippen molar-refractivity contribution in [3.8, 4) is 0 Å². The highest BCUT2D eigenvalue weighted by Gasteiger charge is 2.40. The lowest BCUT2D eigenvalue weighted by atomic mass is 9.88. The van der Waals surface area contributed by atoms with Gasteiger partial charge in [0.1, 0.15) is 0 Å². The minimum Gasteiger partial charge on any atom is -0.396 e. The first-order valence-corrected chi connectivity index (χ1v) is 49.8. The molecule has 0 aliphatic heterocycles. The Balaban J connectivity index is 2.90. The first-order valence-electron chi connectivity index (χ1n) is 49.1. The van der Waals surface area contributed by atoms with E-state index < -0.39 is 253 Å². The number of likely N-dealkylation sites (N-methyl/N-ethyl adjacent to an activating group) is 1. The maximum atomic E-state index is 15.4. The first-order chi connectivity index (χ1) is 69.1. The van der Waals surface area contributed by atoms with Crippen LogP contribution in [-0.4, -0.2) is 279 Å². The van der Waals surface area contributed by atoms with Gasteiger partial charge in [-0.25, -0.2) is 0 Å². The molecule has 146 heavy (non-hydrogen) atoms. The number of ketones is 7. The lowest BCUT2D eigenvalue weighted by Crippen LogP contribution is -2.50. The van der Waals surface area contributed by atoms with Gasteiger partial charge in [-0.15, -0.1) is 0 Å². The average Bonchev–Trinajstić information content (AvgIpc) is 1.68. The number of guanidine groups is 10.